The molecule has 1 fully saturated rings. The number of likely N-dealkylation sites (N-methyl/N-ethyl adjacent to an activating group) is 1. The molecule has 3 aliphatic carbocycles. The van der Waals surface area contributed by atoms with Gasteiger partial charge in [0.05, 0.1) is 11.6 Å². The average molecular weight is 550 g/mol. The van der Waals surface area contributed by atoms with Crippen LogP contribution in [0.4, 0.5) is 8.78 Å². The molecule has 0 spiro atoms. The van der Waals surface area contributed by atoms with Gasteiger partial charge in [-0.2, -0.15) is 0 Å². The number of aliphatic hydroxyl groups excluding tert-OH is 2. The van der Waals surface area contributed by atoms with Crippen molar-refractivity contribution in [3.63, 3.8) is 0 Å². The van der Waals surface area contributed by atoms with Gasteiger partial charge in [0, 0.05) is 35.7 Å². The van der Waals surface area contributed by atoms with E-state index in [9.17, 15) is 34.8 Å². The predicted molar refractivity (Wildman–Crippen MR) is 135 cm³/mol. The Kier molecular flexibility index (Phi) is 6.90. The van der Waals surface area contributed by atoms with Crippen LogP contribution in [0.5, 0.6) is 5.75 Å². The number of carbonyl (C=O) groups is 3. The first-order valence-electron chi connectivity index (χ1n) is 12.5. The quantitative estimate of drug-likeness (QED) is 0.297. The van der Waals surface area contributed by atoms with Gasteiger partial charge in [-0.25, -0.2) is 8.78 Å². The topological polar surface area (TPSA) is 173 Å². The van der Waals surface area contributed by atoms with Gasteiger partial charge in [0.1, 0.15) is 22.9 Å². The number of Topliss-reactive ketones (excluding diaryl/α,β-unsaturated/α-hetero) is 2. The number of hydrogen-bond acceptors (Lipinski definition) is 9. The van der Waals surface area contributed by atoms with E-state index in [2.05, 4.69) is 5.32 Å². The van der Waals surface area contributed by atoms with Crippen molar-refractivity contribution in [1.82, 2.24) is 10.2 Å². The summed E-state index contributed by atoms with van der Waals surface area (Å²) >= 11 is 0. The molecule has 10 nitrogen and oxygen atoms in total. The van der Waals surface area contributed by atoms with Crippen LogP contribution in [-0.2, 0) is 27.3 Å². The molecule has 1 aromatic rings. The molecule has 39 heavy (non-hydrogen) atoms. The monoisotopic (exact) mass is 549 g/mol. The van der Waals surface area contributed by atoms with Crippen molar-refractivity contribution in [2.24, 2.45) is 23.0 Å². The minimum atomic E-state index is -2.83. The maximum atomic E-state index is 15.7. The van der Waals surface area contributed by atoms with Crippen LogP contribution in [0.1, 0.15) is 43.9 Å². The number of fused-ring (bicyclic) bond motifs is 3. The second kappa shape index (κ2) is 9.39. The Morgan fingerprint density at radius 1 is 1.15 bits per heavy atom. The van der Waals surface area contributed by atoms with Gasteiger partial charge in [-0.3, -0.25) is 19.3 Å². The Morgan fingerprint density at radius 3 is 2.31 bits per heavy atom. The van der Waals surface area contributed by atoms with Crippen LogP contribution >= 0.6 is 0 Å². The zero-order valence-corrected chi connectivity index (χ0v) is 22.4. The van der Waals surface area contributed by atoms with Crippen LogP contribution in [0.2, 0.25) is 0 Å². The standard InChI is InChI=1S/C27H33F2N3O7/c1-26(2,3)9-31-8-12-17(28)11-6-10-7-13-19(32(4)5)22(35)16(25(30)38)24(37)27(13,39)23(36)14(10)20(33)15(11)21(34)18(12)29/h10,13,19,31,33-34,37,39H,6-9H2,1-5H3,(H2,30,38)/t10-,13-,19-,27-/m0/s1. The van der Waals surface area contributed by atoms with E-state index < -0.39 is 92.1 Å². The van der Waals surface area contributed by atoms with Crippen LogP contribution in [0.3, 0.4) is 0 Å². The maximum Gasteiger partial charge on any atom is 0.255 e. The SMILES string of the molecule is CN(C)[C@@H]1C(=O)C(C(N)=O)=C(O)[C@@]2(O)C(=O)C3=C(O)c4c(O)c(F)c(CNCC(C)(C)C)c(F)c4C[C@H]3C[C@@H]12. The number of amides is 1. The Bertz CT molecular complexity index is 1360. The van der Waals surface area contributed by atoms with E-state index in [4.69, 9.17) is 5.73 Å². The van der Waals surface area contributed by atoms with E-state index >= 15 is 8.78 Å². The van der Waals surface area contributed by atoms with Crippen molar-refractivity contribution in [2.75, 3.05) is 20.6 Å². The fourth-order valence-corrected chi connectivity index (χ4v) is 6.08. The first-order valence-corrected chi connectivity index (χ1v) is 12.5. The van der Waals surface area contributed by atoms with Crippen LogP contribution in [0, 0.1) is 28.9 Å². The van der Waals surface area contributed by atoms with Gasteiger partial charge in [-0.15, -0.1) is 0 Å². The van der Waals surface area contributed by atoms with Gasteiger partial charge >= 0.3 is 0 Å². The highest BCUT2D eigenvalue weighted by Gasteiger charge is 2.64. The zero-order chi connectivity index (χ0) is 29.4. The molecule has 0 saturated heterocycles. The van der Waals surface area contributed by atoms with E-state index in [1.54, 1.807) is 0 Å². The van der Waals surface area contributed by atoms with Crippen molar-refractivity contribution in [3.8, 4) is 5.75 Å². The summed E-state index contributed by atoms with van der Waals surface area (Å²) in [5.41, 5.74) is -0.421. The van der Waals surface area contributed by atoms with Gasteiger partial charge in [0.15, 0.2) is 23.0 Å². The largest absolute Gasteiger partial charge is 0.508 e. The van der Waals surface area contributed by atoms with Crippen molar-refractivity contribution >= 4 is 23.2 Å². The van der Waals surface area contributed by atoms with E-state index in [1.807, 2.05) is 20.8 Å². The third kappa shape index (κ3) is 4.21. The number of nitrogens with two attached hydrogens (primary N) is 1. The maximum absolute atomic E-state index is 15.7. The summed E-state index contributed by atoms with van der Waals surface area (Å²) in [6.45, 7) is 5.96. The molecule has 0 aliphatic heterocycles. The smallest absolute Gasteiger partial charge is 0.255 e. The molecule has 4 rings (SSSR count). The van der Waals surface area contributed by atoms with Gasteiger partial charge in [-0.05, 0) is 38.3 Å². The highest BCUT2D eigenvalue weighted by molar-refractivity contribution is 6.24. The fourth-order valence-electron chi connectivity index (χ4n) is 6.08. The number of nitrogens with one attached hydrogen (secondary N) is 1. The number of carbonyl (C=O) groups excluding carboxylic acids is 3. The summed E-state index contributed by atoms with van der Waals surface area (Å²) in [6.07, 6.45) is -0.457. The minimum Gasteiger partial charge on any atom is -0.508 e. The highest BCUT2D eigenvalue weighted by Crippen LogP contribution is 2.53. The van der Waals surface area contributed by atoms with Crippen molar-refractivity contribution in [3.05, 3.63) is 45.2 Å². The van der Waals surface area contributed by atoms with Crippen LogP contribution < -0.4 is 11.1 Å². The molecule has 4 atom stereocenters. The number of primary amides is 1. The first kappa shape index (κ1) is 28.7. The van der Waals surface area contributed by atoms with E-state index in [1.165, 1.54) is 19.0 Å². The number of rotatable bonds is 5. The number of phenolic OH excluding ortho intramolecular Hbond substituents is 1. The normalized spacial score (nSPS) is 27.1. The number of hydrogen-bond donors (Lipinski definition) is 6. The summed E-state index contributed by atoms with van der Waals surface area (Å²) in [5.74, 6) is -11.3. The second-order valence-electron chi connectivity index (χ2n) is 11.9. The van der Waals surface area contributed by atoms with Gasteiger partial charge in [0.25, 0.3) is 5.91 Å². The van der Waals surface area contributed by atoms with Gasteiger partial charge in [0.2, 0.25) is 5.78 Å². The van der Waals surface area contributed by atoms with Crippen LogP contribution in [0.15, 0.2) is 16.9 Å². The van der Waals surface area contributed by atoms with E-state index in [-0.39, 0.29) is 30.4 Å². The molecule has 0 radical (unpaired) electrons. The van der Waals surface area contributed by atoms with Gasteiger partial charge in [-0.1, -0.05) is 20.8 Å². The second-order valence-corrected chi connectivity index (χ2v) is 11.9. The lowest BCUT2D eigenvalue weighted by atomic mass is 9.57. The number of nitrogens with zero attached hydrogens (tertiary/aromatic N) is 1. The summed E-state index contributed by atoms with van der Waals surface area (Å²) in [5, 5.41) is 47.1. The molecule has 1 aromatic carbocycles. The number of benzene rings is 1. The molecule has 0 aromatic heterocycles. The van der Waals surface area contributed by atoms with Gasteiger partial charge < -0.3 is 31.5 Å². The predicted octanol–water partition coefficient (Wildman–Crippen LogP) is 1.38. The number of aliphatic hydroxyl groups is 3. The molecule has 3 aliphatic rings. The third-order valence-corrected chi connectivity index (χ3v) is 7.81. The Morgan fingerprint density at radius 2 is 1.77 bits per heavy atom. The Hall–Kier alpha value is -3.35. The van der Waals surface area contributed by atoms with E-state index in [0.29, 0.717) is 6.54 Å². The third-order valence-electron chi connectivity index (χ3n) is 7.81. The number of halogens is 2. The summed E-state index contributed by atoms with van der Waals surface area (Å²) in [6, 6.07) is -1.26. The molecule has 1 saturated carbocycles. The molecule has 12 heteroatoms. The molecule has 0 unspecified atom stereocenters. The Balaban J connectivity index is 1.89. The van der Waals surface area contributed by atoms with Crippen molar-refractivity contribution in [2.45, 2.75) is 51.8 Å². The average Bonchev–Trinajstić information content (AvgIpc) is 2.81. The highest BCUT2D eigenvalue weighted by atomic mass is 19.1. The summed E-state index contributed by atoms with van der Waals surface area (Å²) < 4.78 is 30.9. The van der Waals surface area contributed by atoms with Crippen LogP contribution in [-0.4, -0.2) is 75.1 Å². The lowest BCUT2D eigenvalue weighted by Crippen LogP contribution is -2.65. The molecule has 212 valence electrons. The van der Waals surface area contributed by atoms with Crippen LogP contribution in [0.25, 0.3) is 5.76 Å². The van der Waals surface area contributed by atoms with Crippen molar-refractivity contribution < 1.29 is 43.6 Å². The van der Waals surface area contributed by atoms with E-state index in [0.717, 1.165) is 0 Å². The molecular weight excluding hydrogens is 516 g/mol. The Labute approximate surface area is 223 Å². The molecule has 0 bridgehead atoms. The molecule has 0 heterocycles. The number of ketones is 2. The molecule has 1 amide bonds. The number of phenols is 1. The van der Waals surface area contributed by atoms with Crippen molar-refractivity contribution in [1.29, 1.82) is 0 Å². The molecule has 7 N–H and O–H groups in total. The zero-order valence-electron chi connectivity index (χ0n) is 22.4. The minimum absolute atomic E-state index is 0.187. The summed E-state index contributed by atoms with van der Waals surface area (Å²) in [7, 11) is 2.95. The lowest BCUT2D eigenvalue weighted by molar-refractivity contribution is -0.153. The lowest BCUT2D eigenvalue weighted by Gasteiger charge is -2.50. The fraction of sp³-hybridized carbons (Fsp3) is 0.519. The molecular formula is C27H33F2N3O7. The summed E-state index contributed by atoms with van der Waals surface area (Å²) in [4.78, 5) is 40.2. The first-order chi connectivity index (χ1) is 17.9. The number of aromatic hydroxyl groups is 1.